The highest BCUT2D eigenvalue weighted by Crippen LogP contribution is 2.31. The minimum Gasteiger partial charge on any atom is -0.313 e. The van der Waals surface area contributed by atoms with Crippen molar-refractivity contribution < 1.29 is 0 Å². The van der Waals surface area contributed by atoms with Gasteiger partial charge in [0, 0.05) is 23.0 Å². The Bertz CT molecular complexity index is 582. The predicted molar refractivity (Wildman–Crippen MR) is 85.1 cm³/mol. The molecule has 1 atom stereocenters. The Hall–Kier alpha value is -0.910. The molecule has 0 aliphatic carbocycles. The Morgan fingerprint density at radius 3 is 2.80 bits per heavy atom. The lowest BCUT2D eigenvalue weighted by atomic mass is 10.0. The molecule has 0 radical (unpaired) electrons. The topological polar surface area (TPSA) is 42.7 Å². The third-order valence-electron chi connectivity index (χ3n) is 3.23. The number of benzene rings is 1. The lowest BCUT2D eigenvalue weighted by Crippen LogP contribution is -2.22. The van der Waals surface area contributed by atoms with Crippen molar-refractivity contribution in [2.24, 2.45) is 0 Å². The van der Waals surface area contributed by atoms with Crippen LogP contribution in [0.25, 0.3) is 0 Å². The largest absolute Gasteiger partial charge is 0.313 e. The summed E-state index contributed by atoms with van der Waals surface area (Å²) in [5, 5.41) is 8.32. The van der Waals surface area contributed by atoms with Crippen molar-refractivity contribution in [3.8, 4) is 0 Å². The standard InChI is InChI=1S/C14H18BrClN4/c1-9(2)20-13(18-8-19-20)7-12(17-3)10-5-4-6-11(15)14(10)16/h4-6,8-9,12,17H,7H2,1-3H3. The van der Waals surface area contributed by atoms with Crippen LogP contribution in [-0.4, -0.2) is 21.8 Å². The van der Waals surface area contributed by atoms with Gasteiger partial charge in [0.25, 0.3) is 0 Å². The Kier molecular flexibility index (Phi) is 5.18. The normalized spacial score (nSPS) is 12.9. The second-order valence-corrected chi connectivity index (χ2v) is 6.14. The number of nitrogens with one attached hydrogen (secondary N) is 1. The first-order valence-electron chi connectivity index (χ1n) is 6.54. The molecule has 1 aromatic carbocycles. The number of likely N-dealkylation sites (N-methyl/N-ethyl adjacent to an activating group) is 1. The molecule has 0 bridgehead atoms. The molecule has 20 heavy (non-hydrogen) atoms. The Morgan fingerprint density at radius 2 is 2.15 bits per heavy atom. The van der Waals surface area contributed by atoms with Gasteiger partial charge in [0.2, 0.25) is 0 Å². The summed E-state index contributed by atoms with van der Waals surface area (Å²) < 4.78 is 2.85. The van der Waals surface area contributed by atoms with Gasteiger partial charge in [0.15, 0.2) is 0 Å². The summed E-state index contributed by atoms with van der Waals surface area (Å²) in [5.41, 5.74) is 1.06. The highest BCUT2D eigenvalue weighted by atomic mass is 79.9. The molecule has 1 unspecified atom stereocenters. The Balaban J connectivity index is 2.29. The predicted octanol–water partition coefficient (Wildman–Crippen LogP) is 3.78. The number of aromatic nitrogens is 3. The van der Waals surface area contributed by atoms with Gasteiger partial charge in [-0.1, -0.05) is 23.7 Å². The molecule has 2 rings (SSSR count). The number of hydrogen-bond donors (Lipinski definition) is 1. The van der Waals surface area contributed by atoms with E-state index >= 15 is 0 Å². The van der Waals surface area contributed by atoms with Crippen LogP contribution in [-0.2, 0) is 6.42 Å². The van der Waals surface area contributed by atoms with Crippen molar-refractivity contribution in [1.29, 1.82) is 0 Å². The lowest BCUT2D eigenvalue weighted by molar-refractivity contribution is 0.478. The van der Waals surface area contributed by atoms with Gasteiger partial charge in [-0.3, -0.25) is 0 Å². The van der Waals surface area contributed by atoms with Crippen LogP contribution in [0, 0.1) is 0 Å². The van der Waals surface area contributed by atoms with Crippen molar-refractivity contribution in [1.82, 2.24) is 20.1 Å². The fraction of sp³-hybridized carbons (Fsp3) is 0.429. The second kappa shape index (κ2) is 6.70. The van der Waals surface area contributed by atoms with E-state index in [0.29, 0.717) is 6.04 Å². The zero-order chi connectivity index (χ0) is 14.7. The summed E-state index contributed by atoms with van der Waals surface area (Å²) in [7, 11) is 1.93. The molecule has 0 aliphatic rings. The maximum Gasteiger partial charge on any atom is 0.138 e. The molecule has 0 aliphatic heterocycles. The summed E-state index contributed by atoms with van der Waals surface area (Å²) in [6, 6.07) is 6.35. The minimum atomic E-state index is 0.0988. The van der Waals surface area contributed by atoms with Gasteiger partial charge in [0.05, 0.1) is 5.02 Å². The fourth-order valence-corrected chi connectivity index (χ4v) is 2.83. The Labute approximate surface area is 132 Å². The zero-order valence-electron chi connectivity index (χ0n) is 11.8. The molecule has 0 saturated heterocycles. The lowest BCUT2D eigenvalue weighted by Gasteiger charge is -2.19. The van der Waals surface area contributed by atoms with E-state index in [1.807, 2.05) is 29.9 Å². The molecule has 0 saturated carbocycles. The first-order chi connectivity index (χ1) is 9.54. The molecule has 108 valence electrons. The maximum absolute atomic E-state index is 6.38. The van der Waals surface area contributed by atoms with Crippen LogP contribution in [0.3, 0.4) is 0 Å². The highest BCUT2D eigenvalue weighted by Gasteiger charge is 2.18. The molecule has 0 amide bonds. The molecule has 1 heterocycles. The molecule has 1 N–H and O–H groups in total. The highest BCUT2D eigenvalue weighted by molar-refractivity contribution is 9.10. The van der Waals surface area contributed by atoms with Crippen LogP contribution >= 0.6 is 27.5 Å². The van der Waals surface area contributed by atoms with E-state index in [9.17, 15) is 0 Å². The summed E-state index contributed by atoms with van der Waals surface area (Å²) in [6.07, 6.45) is 2.34. The van der Waals surface area contributed by atoms with E-state index in [4.69, 9.17) is 11.6 Å². The molecule has 0 spiro atoms. The molecule has 4 nitrogen and oxygen atoms in total. The van der Waals surface area contributed by atoms with Gasteiger partial charge in [0.1, 0.15) is 12.2 Å². The summed E-state index contributed by atoms with van der Waals surface area (Å²) in [6.45, 7) is 4.19. The van der Waals surface area contributed by atoms with Gasteiger partial charge in [-0.25, -0.2) is 9.67 Å². The number of rotatable bonds is 5. The first-order valence-corrected chi connectivity index (χ1v) is 7.71. The Morgan fingerprint density at radius 1 is 1.40 bits per heavy atom. The average Bonchev–Trinajstić information content (AvgIpc) is 2.88. The third-order valence-corrected chi connectivity index (χ3v) is 4.54. The zero-order valence-corrected chi connectivity index (χ0v) is 14.1. The van der Waals surface area contributed by atoms with E-state index in [0.717, 1.165) is 27.3 Å². The van der Waals surface area contributed by atoms with Gasteiger partial charge in [-0.15, -0.1) is 0 Å². The smallest absolute Gasteiger partial charge is 0.138 e. The molecular formula is C14H18BrClN4. The SMILES string of the molecule is CNC(Cc1ncnn1C(C)C)c1cccc(Br)c1Cl. The number of nitrogens with zero attached hydrogens (tertiary/aromatic N) is 3. The van der Waals surface area contributed by atoms with Crippen LogP contribution in [0.15, 0.2) is 29.0 Å². The van der Waals surface area contributed by atoms with Crippen molar-refractivity contribution in [3.05, 3.63) is 45.4 Å². The molecule has 6 heteroatoms. The minimum absolute atomic E-state index is 0.0988. The van der Waals surface area contributed by atoms with Crippen LogP contribution in [0.1, 0.15) is 37.3 Å². The monoisotopic (exact) mass is 356 g/mol. The van der Waals surface area contributed by atoms with Crippen molar-refractivity contribution >= 4 is 27.5 Å². The van der Waals surface area contributed by atoms with Crippen molar-refractivity contribution in [2.75, 3.05) is 7.05 Å². The van der Waals surface area contributed by atoms with Gasteiger partial charge >= 0.3 is 0 Å². The third kappa shape index (κ3) is 3.22. The first kappa shape index (κ1) is 15.5. The van der Waals surface area contributed by atoms with E-state index in [1.54, 1.807) is 6.33 Å². The quantitative estimate of drug-likeness (QED) is 0.885. The number of halogens is 2. The summed E-state index contributed by atoms with van der Waals surface area (Å²) in [5.74, 6) is 0.954. The van der Waals surface area contributed by atoms with Gasteiger partial charge in [-0.05, 0) is 48.5 Å². The van der Waals surface area contributed by atoms with Crippen LogP contribution < -0.4 is 5.32 Å². The average molecular weight is 358 g/mol. The van der Waals surface area contributed by atoms with Gasteiger partial charge in [-0.2, -0.15) is 5.10 Å². The van der Waals surface area contributed by atoms with Crippen molar-refractivity contribution in [3.63, 3.8) is 0 Å². The maximum atomic E-state index is 6.38. The molecule has 0 fully saturated rings. The molecular weight excluding hydrogens is 340 g/mol. The van der Waals surface area contributed by atoms with Crippen LogP contribution in [0.4, 0.5) is 0 Å². The van der Waals surface area contributed by atoms with Crippen LogP contribution in [0.5, 0.6) is 0 Å². The van der Waals surface area contributed by atoms with Crippen LogP contribution in [0.2, 0.25) is 5.02 Å². The summed E-state index contributed by atoms with van der Waals surface area (Å²) in [4.78, 5) is 4.36. The number of hydrogen-bond acceptors (Lipinski definition) is 3. The van der Waals surface area contributed by atoms with Gasteiger partial charge < -0.3 is 5.32 Å². The summed E-state index contributed by atoms with van der Waals surface area (Å²) >= 11 is 9.85. The molecule has 1 aromatic heterocycles. The van der Waals surface area contributed by atoms with E-state index < -0.39 is 0 Å². The van der Waals surface area contributed by atoms with Crippen molar-refractivity contribution in [2.45, 2.75) is 32.4 Å². The molecule has 2 aromatic rings. The van der Waals surface area contributed by atoms with E-state index in [2.05, 4.69) is 45.2 Å². The second-order valence-electron chi connectivity index (χ2n) is 4.90. The van der Waals surface area contributed by atoms with E-state index in [1.165, 1.54) is 0 Å². The van der Waals surface area contributed by atoms with E-state index in [-0.39, 0.29) is 6.04 Å². The fourth-order valence-electron chi connectivity index (χ4n) is 2.19.